The molecule has 2 aliphatic rings. The zero-order chi connectivity index (χ0) is 15.2. The summed E-state index contributed by atoms with van der Waals surface area (Å²) in [6.45, 7) is 0.937. The van der Waals surface area contributed by atoms with E-state index in [9.17, 15) is 0 Å². The summed E-state index contributed by atoms with van der Waals surface area (Å²) in [5, 5.41) is 0. The number of hydrogen-bond donors (Lipinski definition) is 0. The molecule has 2 heterocycles. The fourth-order valence-electron chi connectivity index (χ4n) is 3.65. The lowest BCUT2D eigenvalue weighted by molar-refractivity contribution is -0.0855. The van der Waals surface area contributed by atoms with Gasteiger partial charge in [0.25, 0.3) is 0 Å². The van der Waals surface area contributed by atoms with E-state index in [0.717, 1.165) is 38.7 Å². The van der Waals surface area contributed by atoms with Crippen molar-refractivity contribution in [3.63, 3.8) is 0 Å². The average molecular weight is 367 g/mol. The minimum Gasteiger partial charge on any atom is -0.378 e. The van der Waals surface area contributed by atoms with Crippen molar-refractivity contribution in [1.29, 1.82) is 0 Å². The van der Waals surface area contributed by atoms with Crippen molar-refractivity contribution in [1.82, 2.24) is 0 Å². The third kappa shape index (κ3) is 5.07. The molecule has 2 saturated heterocycles. The van der Waals surface area contributed by atoms with Crippen LogP contribution in [0.15, 0.2) is 30.3 Å². The van der Waals surface area contributed by atoms with Crippen LogP contribution in [0.1, 0.15) is 50.5 Å². The van der Waals surface area contributed by atoms with E-state index in [1.54, 1.807) is 0 Å². The number of aryl methyl sites for hydroxylation is 1. The van der Waals surface area contributed by atoms with Gasteiger partial charge in [-0.05, 0) is 56.9 Å². The van der Waals surface area contributed by atoms with Crippen LogP contribution in [0, 0.1) is 0 Å². The Morgan fingerprint density at radius 2 is 1.82 bits per heavy atom. The number of ether oxygens (including phenoxy) is 2. The topological polar surface area (TPSA) is 18.5 Å². The maximum atomic E-state index is 6.37. The Kier molecular flexibility index (Phi) is 6.34. The number of rotatable bonds is 5. The van der Waals surface area contributed by atoms with Crippen LogP contribution >= 0.6 is 15.9 Å². The van der Waals surface area contributed by atoms with Gasteiger partial charge in [-0.3, -0.25) is 0 Å². The lowest BCUT2D eigenvalue weighted by Crippen LogP contribution is -2.36. The van der Waals surface area contributed by atoms with Crippen molar-refractivity contribution in [2.45, 2.75) is 74.5 Å². The Labute approximate surface area is 142 Å². The molecule has 0 N–H and O–H groups in total. The quantitative estimate of drug-likeness (QED) is 0.690. The molecule has 0 bridgehead atoms. The molecular weight excluding hydrogens is 340 g/mol. The number of benzene rings is 1. The monoisotopic (exact) mass is 366 g/mol. The first-order valence-corrected chi connectivity index (χ1v) is 9.66. The SMILES string of the molecule is Br[C@H]1C[C@@H](CC2CCCCO2)O[C@@H](CCc2ccccc2)C1. The van der Waals surface area contributed by atoms with Crippen LogP contribution in [-0.4, -0.2) is 29.7 Å². The lowest BCUT2D eigenvalue weighted by atomic mass is 9.94. The molecule has 3 heteroatoms. The number of hydrogen-bond acceptors (Lipinski definition) is 2. The highest BCUT2D eigenvalue weighted by atomic mass is 79.9. The van der Waals surface area contributed by atoms with Gasteiger partial charge in [-0.1, -0.05) is 46.3 Å². The van der Waals surface area contributed by atoms with Crippen molar-refractivity contribution in [2.24, 2.45) is 0 Å². The van der Waals surface area contributed by atoms with E-state index in [2.05, 4.69) is 46.3 Å². The van der Waals surface area contributed by atoms with Crippen LogP contribution in [0.5, 0.6) is 0 Å². The zero-order valence-corrected chi connectivity index (χ0v) is 14.8. The van der Waals surface area contributed by atoms with Gasteiger partial charge in [-0.2, -0.15) is 0 Å². The summed E-state index contributed by atoms with van der Waals surface area (Å²) in [4.78, 5) is 0.593. The van der Waals surface area contributed by atoms with Crippen molar-refractivity contribution in [3.8, 4) is 0 Å². The minimum absolute atomic E-state index is 0.363. The molecule has 4 atom stereocenters. The molecule has 1 aromatic rings. The standard InChI is InChI=1S/C19H27BrO2/c20-16-12-18(10-9-15-6-2-1-3-7-15)22-19(13-16)14-17-8-4-5-11-21-17/h1-3,6-7,16-19H,4-5,8-14H2/t16-,17?,18+,19+/m1/s1. The Morgan fingerprint density at radius 1 is 1.00 bits per heavy atom. The molecule has 3 rings (SSSR count). The molecule has 1 unspecified atom stereocenters. The molecule has 1 aromatic carbocycles. The van der Waals surface area contributed by atoms with E-state index in [1.165, 1.54) is 24.8 Å². The molecule has 0 spiro atoms. The van der Waals surface area contributed by atoms with Gasteiger partial charge >= 0.3 is 0 Å². The second-order valence-corrected chi connectivity index (χ2v) is 7.99. The predicted octanol–water partition coefficient (Wildman–Crippen LogP) is 4.89. The Hall–Kier alpha value is -0.380. The minimum atomic E-state index is 0.363. The fourth-order valence-corrected chi connectivity index (χ4v) is 4.48. The summed E-state index contributed by atoms with van der Waals surface area (Å²) in [6, 6.07) is 10.7. The molecule has 22 heavy (non-hydrogen) atoms. The molecular formula is C19H27BrO2. The summed E-state index contributed by atoms with van der Waals surface area (Å²) in [7, 11) is 0. The van der Waals surface area contributed by atoms with Crippen LogP contribution in [0.2, 0.25) is 0 Å². The zero-order valence-electron chi connectivity index (χ0n) is 13.3. The first-order chi connectivity index (χ1) is 10.8. The number of alkyl halides is 1. The molecule has 2 fully saturated rings. The third-order valence-electron chi connectivity index (χ3n) is 4.82. The van der Waals surface area contributed by atoms with Crippen LogP contribution in [-0.2, 0) is 15.9 Å². The molecule has 0 amide bonds. The van der Waals surface area contributed by atoms with Crippen LogP contribution in [0.3, 0.4) is 0 Å². The first-order valence-electron chi connectivity index (χ1n) is 8.74. The lowest BCUT2D eigenvalue weighted by Gasteiger charge is -2.36. The van der Waals surface area contributed by atoms with E-state index in [0.29, 0.717) is 23.1 Å². The summed E-state index contributed by atoms with van der Waals surface area (Å²) in [5.41, 5.74) is 1.41. The Balaban J connectivity index is 1.47. The van der Waals surface area contributed by atoms with E-state index in [1.807, 2.05) is 0 Å². The Morgan fingerprint density at radius 3 is 2.59 bits per heavy atom. The first kappa shape index (κ1) is 16.5. The van der Waals surface area contributed by atoms with Gasteiger partial charge in [-0.25, -0.2) is 0 Å². The molecule has 2 aliphatic heterocycles. The van der Waals surface area contributed by atoms with Gasteiger partial charge in [0.05, 0.1) is 18.3 Å². The van der Waals surface area contributed by atoms with Crippen LogP contribution < -0.4 is 0 Å². The second-order valence-electron chi connectivity index (χ2n) is 6.70. The molecule has 0 radical (unpaired) electrons. The third-order valence-corrected chi connectivity index (χ3v) is 5.57. The van der Waals surface area contributed by atoms with E-state index in [4.69, 9.17) is 9.47 Å². The van der Waals surface area contributed by atoms with Gasteiger partial charge in [0.15, 0.2) is 0 Å². The highest BCUT2D eigenvalue weighted by molar-refractivity contribution is 9.09. The molecule has 0 saturated carbocycles. The molecule has 122 valence electrons. The normalized spacial score (nSPS) is 32.8. The summed E-state index contributed by atoms with van der Waals surface area (Å²) < 4.78 is 12.3. The van der Waals surface area contributed by atoms with Crippen LogP contribution in [0.4, 0.5) is 0 Å². The average Bonchev–Trinajstić information content (AvgIpc) is 2.54. The summed E-state index contributed by atoms with van der Waals surface area (Å²) >= 11 is 3.84. The van der Waals surface area contributed by atoms with Crippen molar-refractivity contribution in [2.75, 3.05) is 6.61 Å². The maximum absolute atomic E-state index is 6.37. The van der Waals surface area contributed by atoms with Crippen molar-refractivity contribution < 1.29 is 9.47 Å². The smallest absolute Gasteiger partial charge is 0.0614 e. The summed E-state index contributed by atoms with van der Waals surface area (Å²) in [5.74, 6) is 0. The van der Waals surface area contributed by atoms with Crippen molar-refractivity contribution in [3.05, 3.63) is 35.9 Å². The highest BCUT2D eigenvalue weighted by Gasteiger charge is 2.30. The molecule has 2 nitrogen and oxygen atoms in total. The van der Waals surface area contributed by atoms with E-state index in [-0.39, 0.29) is 0 Å². The summed E-state index contributed by atoms with van der Waals surface area (Å²) in [6.07, 6.45) is 10.5. The predicted molar refractivity (Wildman–Crippen MR) is 93.6 cm³/mol. The largest absolute Gasteiger partial charge is 0.378 e. The molecule has 0 aliphatic carbocycles. The second kappa shape index (κ2) is 8.47. The van der Waals surface area contributed by atoms with Gasteiger partial charge in [0.2, 0.25) is 0 Å². The number of halogens is 1. The Bertz CT molecular complexity index is 430. The maximum Gasteiger partial charge on any atom is 0.0614 e. The van der Waals surface area contributed by atoms with Gasteiger partial charge in [0.1, 0.15) is 0 Å². The van der Waals surface area contributed by atoms with Crippen LogP contribution in [0.25, 0.3) is 0 Å². The van der Waals surface area contributed by atoms with Gasteiger partial charge in [-0.15, -0.1) is 0 Å². The fraction of sp³-hybridized carbons (Fsp3) is 0.684. The van der Waals surface area contributed by atoms with Gasteiger partial charge in [0, 0.05) is 11.4 Å². The van der Waals surface area contributed by atoms with Gasteiger partial charge < -0.3 is 9.47 Å². The van der Waals surface area contributed by atoms with E-state index < -0.39 is 0 Å². The van der Waals surface area contributed by atoms with Crippen molar-refractivity contribution >= 4 is 15.9 Å². The molecule has 0 aromatic heterocycles. The van der Waals surface area contributed by atoms with E-state index >= 15 is 0 Å². The highest BCUT2D eigenvalue weighted by Crippen LogP contribution is 2.31.